The summed E-state index contributed by atoms with van der Waals surface area (Å²) in [5.74, 6) is 1.03. The number of alkyl halides is 1. The van der Waals surface area contributed by atoms with Crippen molar-refractivity contribution in [2.24, 2.45) is 11.3 Å². The summed E-state index contributed by atoms with van der Waals surface area (Å²) in [7, 11) is 0. The van der Waals surface area contributed by atoms with E-state index < -0.39 is 0 Å². The van der Waals surface area contributed by atoms with Gasteiger partial charge in [0, 0.05) is 18.8 Å². The first-order valence-electron chi connectivity index (χ1n) is 5.18. The van der Waals surface area contributed by atoms with Gasteiger partial charge >= 0.3 is 0 Å². The Hall–Kier alpha value is -0.240. The van der Waals surface area contributed by atoms with Crippen LogP contribution < -0.4 is 5.32 Å². The SMILES string of the molecule is CC(CC(=O)NCCCl)CC(C)(C)C. The van der Waals surface area contributed by atoms with E-state index in [9.17, 15) is 4.79 Å². The third-order valence-corrected chi connectivity index (χ3v) is 2.10. The monoisotopic (exact) mass is 219 g/mol. The van der Waals surface area contributed by atoms with Gasteiger partial charge in [0.2, 0.25) is 5.91 Å². The number of carbonyl (C=O) groups is 1. The average Bonchev–Trinajstić information content (AvgIpc) is 1.96. The maximum absolute atomic E-state index is 11.3. The molecule has 0 aliphatic rings. The zero-order valence-corrected chi connectivity index (χ0v) is 10.4. The molecule has 3 heteroatoms. The van der Waals surface area contributed by atoms with Crippen molar-refractivity contribution in [3.63, 3.8) is 0 Å². The molecule has 1 unspecified atom stereocenters. The first-order chi connectivity index (χ1) is 6.35. The van der Waals surface area contributed by atoms with Crippen LogP contribution >= 0.6 is 11.6 Å². The van der Waals surface area contributed by atoms with E-state index in [2.05, 4.69) is 33.0 Å². The lowest BCUT2D eigenvalue weighted by Crippen LogP contribution is -2.27. The molecule has 84 valence electrons. The Morgan fingerprint density at radius 2 is 2.00 bits per heavy atom. The summed E-state index contributed by atoms with van der Waals surface area (Å²) in [6, 6.07) is 0. The van der Waals surface area contributed by atoms with Crippen molar-refractivity contribution < 1.29 is 4.79 Å². The number of hydrogen-bond donors (Lipinski definition) is 1. The largest absolute Gasteiger partial charge is 0.355 e. The van der Waals surface area contributed by atoms with Crippen LogP contribution in [0, 0.1) is 11.3 Å². The molecule has 0 spiro atoms. The Bertz CT molecular complexity index is 175. The molecule has 0 aromatic rings. The number of halogens is 1. The van der Waals surface area contributed by atoms with Crippen LogP contribution in [0.3, 0.4) is 0 Å². The van der Waals surface area contributed by atoms with Gasteiger partial charge in [-0.1, -0.05) is 27.7 Å². The first kappa shape index (κ1) is 13.8. The molecule has 0 rings (SSSR count). The molecule has 0 aromatic heterocycles. The molecular formula is C11H22ClNO. The molecule has 2 nitrogen and oxygen atoms in total. The van der Waals surface area contributed by atoms with Crippen LogP contribution in [-0.4, -0.2) is 18.3 Å². The summed E-state index contributed by atoms with van der Waals surface area (Å²) in [6.45, 7) is 9.27. The highest BCUT2D eigenvalue weighted by molar-refractivity contribution is 6.18. The second kappa shape index (κ2) is 6.28. The fourth-order valence-corrected chi connectivity index (χ4v) is 1.79. The van der Waals surface area contributed by atoms with Gasteiger partial charge in [-0.25, -0.2) is 0 Å². The summed E-state index contributed by atoms with van der Waals surface area (Å²) >= 11 is 5.47. The van der Waals surface area contributed by atoms with Crippen LogP contribution in [0.25, 0.3) is 0 Å². The Morgan fingerprint density at radius 1 is 1.43 bits per heavy atom. The van der Waals surface area contributed by atoms with Crippen molar-refractivity contribution in [1.29, 1.82) is 0 Å². The predicted molar refractivity (Wildman–Crippen MR) is 61.6 cm³/mol. The van der Waals surface area contributed by atoms with Crippen LogP contribution in [0.5, 0.6) is 0 Å². The van der Waals surface area contributed by atoms with E-state index in [1.165, 1.54) is 0 Å². The number of carbonyl (C=O) groups excluding carboxylic acids is 1. The highest BCUT2D eigenvalue weighted by atomic mass is 35.5. The summed E-state index contributed by atoms with van der Waals surface area (Å²) < 4.78 is 0. The molecule has 0 heterocycles. The smallest absolute Gasteiger partial charge is 0.220 e. The van der Waals surface area contributed by atoms with E-state index >= 15 is 0 Å². The van der Waals surface area contributed by atoms with Crippen molar-refractivity contribution in [2.75, 3.05) is 12.4 Å². The van der Waals surface area contributed by atoms with Crippen molar-refractivity contribution in [1.82, 2.24) is 5.32 Å². The van der Waals surface area contributed by atoms with Gasteiger partial charge in [-0.15, -0.1) is 11.6 Å². The van der Waals surface area contributed by atoms with Crippen LogP contribution in [0.4, 0.5) is 0 Å². The lowest BCUT2D eigenvalue weighted by atomic mass is 9.84. The minimum absolute atomic E-state index is 0.113. The number of nitrogens with one attached hydrogen (secondary N) is 1. The summed E-state index contributed by atoms with van der Waals surface area (Å²) in [6.07, 6.45) is 1.68. The lowest BCUT2D eigenvalue weighted by Gasteiger charge is -2.22. The summed E-state index contributed by atoms with van der Waals surface area (Å²) in [5, 5.41) is 2.78. The molecule has 0 aliphatic carbocycles. The Kier molecular flexibility index (Phi) is 6.17. The molecule has 1 amide bonds. The van der Waals surface area contributed by atoms with E-state index in [-0.39, 0.29) is 5.91 Å². The van der Waals surface area contributed by atoms with Gasteiger partial charge in [0.15, 0.2) is 0 Å². The van der Waals surface area contributed by atoms with E-state index in [1.807, 2.05) is 0 Å². The van der Waals surface area contributed by atoms with Crippen molar-refractivity contribution in [3.05, 3.63) is 0 Å². The molecule has 0 aliphatic heterocycles. The van der Waals surface area contributed by atoms with E-state index in [0.29, 0.717) is 30.2 Å². The quantitative estimate of drug-likeness (QED) is 0.708. The predicted octanol–water partition coefficient (Wildman–Crippen LogP) is 2.80. The van der Waals surface area contributed by atoms with Crippen molar-refractivity contribution in [2.45, 2.75) is 40.5 Å². The average molecular weight is 220 g/mol. The number of amides is 1. The second-order valence-electron chi connectivity index (χ2n) is 5.11. The Morgan fingerprint density at radius 3 is 2.43 bits per heavy atom. The topological polar surface area (TPSA) is 29.1 Å². The van der Waals surface area contributed by atoms with Crippen LogP contribution in [0.1, 0.15) is 40.5 Å². The fourth-order valence-electron chi connectivity index (χ4n) is 1.69. The molecule has 0 radical (unpaired) electrons. The zero-order valence-electron chi connectivity index (χ0n) is 9.69. The Labute approximate surface area is 92.4 Å². The highest BCUT2D eigenvalue weighted by Crippen LogP contribution is 2.25. The van der Waals surface area contributed by atoms with E-state index in [1.54, 1.807) is 0 Å². The van der Waals surface area contributed by atoms with Crippen LogP contribution in [0.2, 0.25) is 0 Å². The first-order valence-corrected chi connectivity index (χ1v) is 5.71. The maximum atomic E-state index is 11.3. The van der Waals surface area contributed by atoms with E-state index in [4.69, 9.17) is 11.6 Å². The van der Waals surface area contributed by atoms with Gasteiger partial charge in [-0.3, -0.25) is 4.79 Å². The van der Waals surface area contributed by atoms with E-state index in [0.717, 1.165) is 6.42 Å². The lowest BCUT2D eigenvalue weighted by molar-refractivity contribution is -0.121. The molecular weight excluding hydrogens is 198 g/mol. The summed E-state index contributed by atoms with van der Waals surface area (Å²) in [5.41, 5.74) is 0.298. The molecule has 1 atom stereocenters. The third kappa shape index (κ3) is 8.36. The van der Waals surface area contributed by atoms with Crippen molar-refractivity contribution in [3.8, 4) is 0 Å². The number of hydrogen-bond acceptors (Lipinski definition) is 1. The fraction of sp³-hybridized carbons (Fsp3) is 0.909. The van der Waals surface area contributed by atoms with Gasteiger partial charge < -0.3 is 5.32 Å². The number of rotatable bonds is 5. The normalized spacial score (nSPS) is 13.8. The molecule has 14 heavy (non-hydrogen) atoms. The van der Waals surface area contributed by atoms with Gasteiger partial charge in [0.25, 0.3) is 0 Å². The third-order valence-electron chi connectivity index (χ3n) is 1.91. The van der Waals surface area contributed by atoms with Crippen LogP contribution in [0.15, 0.2) is 0 Å². The maximum Gasteiger partial charge on any atom is 0.220 e. The van der Waals surface area contributed by atoms with Crippen molar-refractivity contribution >= 4 is 17.5 Å². The molecule has 0 aromatic carbocycles. The van der Waals surface area contributed by atoms with Gasteiger partial charge in [-0.2, -0.15) is 0 Å². The zero-order chi connectivity index (χ0) is 11.2. The van der Waals surface area contributed by atoms with Crippen LogP contribution in [-0.2, 0) is 4.79 Å². The molecule has 0 bridgehead atoms. The van der Waals surface area contributed by atoms with Gasteiger partial charge in [-0.05, 0) is 17.8 Å². The highest BCUT2D eigenvalue weighted by Gasteiger charge is 2.17. The standard InChI is InChI=1S/C11H22ClNO/c1-9(8-11(2,3)4)7-10(14)13-6-5-12/h9H,5-8H2,1-4H3,(H,13,14). The summed E-state index contributed by atoms with van der Waals surface area (Å²) in [4.78, 5) is 11.3. The Balaban J connectivity index is 3.71. The molecule has 0 fully saturated rings. The molecule has 0 saturated heterocycles. The minimum atomic E-state index is 0.113. The minimum Gasteiger partial charge on any atom is -0.355 e. The van der Waals surface area contributed by atoms with Gasteiger partial charge in [0.1, 0.15) is 0 Å². The second-order valence-corrected chi connectivity index (χ2v) is 5.49. The molecule has 1 N–H and O–H groups in total. The molecule has 0 saturated carbocycles. The van der Waals surface area contributed by atoms with Gasteiger partial charge in [0.05, 0.1) is 0 Å².